The van der Waals surface area contributed by atoms with Gasteiger partial charge in [0.15, 0.2) is 6.10 Å². The van der Waals surface area contributed by atoms with Gasteiger partial charge in [-0.3, -0.25) is 19.3 Å². The maximum Gasteiger partial charge on any atom is 0.324 e. The lowest BCUT2D eigenvalue weighted by Crippen LogP contribution is -2.37. The number of benzene rings is 1. The third-order valence-corrected chi connectivity index (χ3v) is 4.04. The van der Waals surface area contributed by atoms with Crippen molar-refractivity contribution in [3.8, 4) is 0 Å². The van der Waals surface area contributed by atoms with Crippen LogP contribution in [0.2, 0.25) is 0 Å². The van der Waals surface area contributed by atoms with Gasteiger partial charge in [0.1, 0.15) is 0 Å². The molecule has 2 rings (SSSR count). The summed E-state index contributed by atoms with van der Waals surface area (Å²) in [4.78, 5) is 47.8. The van der Waals surface area contributed by atoms with Gasteiger partial charge in [-0.25, -0.2) is 4.79 Å². The van der Waals surface area contributed by atoms with Gasteiger partial charge in [-0.15, -0.1) is 0 Å². The van der Waals surface area contributed by atoms with E-state index in [0.29, 0.717) is 0 Å². The Morgan fingerprint density at radius 3 is 2.54 bits per heavy atom. The summed E-state index contributed by atoms with van der Waals surface area (Å²) in [5.41, 5.74) is 0.952. The summed E-state index contributed by atoms with van der Waals surface area (Å²) >= 11 is 0. The van der Waals surface area contributed by atoms with Crippen molar-refractivity contribution in [1.29, 1.82) is 0 Å². The largest absolute Gasteiger partial charge is 0.453 e. The topological polar surface area (TPSA) is 105 Å². The summed E-state index contributed by atoms with van der Waals surface area (Å²) in [6.45, 7) is 3.48. The van der Waals surface area contributed by atoms with Gasteiger partial charge in [-0.2, -0.15) is 0 Å². The molecule has 1 aromatic carbocycles. The van der Waals surface area contributed by atoms with Crippen molar-refractivity contribution >= 4 is 23.8 Å². The lowest BCUT2D eigenvalue weighted by atomic mass is 10.1. The van der Waals surface area contributed by atoms with Gasteiger partial charge in [0.2, 0.25) is 5.91 Å². The molecule has 2 N–H and O–H groups in total. The molecule has 4 amide bonds. The molecular formula is C18H23N3O5. The van der Waals surface area contributed by atoms with Crippen LogP contribution in [0.1, 0.15) is 38.3 Å². The van der Waals surface area contributed by atoms with E-state index in [4.69, 9.17) is 4.74 Å². The number of rotatable bonds is 8. The minimum absolute atomic E-state index is 0.0138. The van der Waals surface area contributed by atoms with E-state index in [0.717, 1.165) is 10.5 Å². The molecule has 0 spiro atoms. The van der Waals surface area contributed by atoms with Crippen LogP contribution in [0.5, 0.6) is 0 Å². The number of urea groups is 1. The lowest BCUT2D eigenvalue weighted by Gasteiger charge is -2.18. The van der Waals surface area contributed by atoms with Gasteiger partial charge in [0, 0.05) is 13.0 Å². The fraction of sp³-hybridized carbons (Fsp3) is 0.444. The van der Waals surface area contributed by atoms with Gasteiger partial charge >= 0.3 is 12.0 Å². The Morgan fingerprint density at radius 2 is 1.92 bits per heavy atom. The molecule has 8 nitrogen and oxygen atoms in total. The zero-order valence-corrected chi connectivity index (χ0v) is 14.9. The first-order valence-electron chi connectivity index (χ1n) is 8.51. The molecule has 1 aliphatic heterocycles. The van der Waals surface area contributed by atoms with Crippen LogP contribution < -0.4 is 10.6 Å². The summed E-state index contributed by atoms with van der Waals surface area (Å²) in [5.74, 6) is -1.25. The van der Waals surface area contributed by atoms with E-state index in [1.807, 2.05) is 37.3 Å². The molecule has 26 heavy (non-hydrogen) atoms. The highest BCUT2D eigenvalue weighted by Crippen LogP contribution is 2.12. The van der Waals surface area contributed by atoms with E-state index in [-0.39, 0.29) is 43.8 Å². The highest BCUT2D eigenvalue weighted by molar-refractivity contribution is 6.01. The molecule has 0 aliphatic carbocycles. The molecule has 0 unspecified atom stereocenters. The van der Waals surface area contributed by atoms with Crippen molar-refractivity contribution in [3.05, 3.63) is 35.9 Å². The quantitative estimate of drug-likeness (QED) is 0.533. The second-order valence-electron chi connectivity index (χ2n) is 6.08. The zero-order valence-electron chi connectivity index (χ0n) is 14.9. The molecule has 0 radical (unpaired) electrons. The minimum Gasteiger partial charge on any atom is -0.453 e. The molecule has 8 heteroatoms. The van der Waals surface area contributed by atoms with Crippen molar-refractivity contribution in [2.24, 2.45) is 0 Å². The average Bonchev–Trinajstić information content (AvgIpc) is 2.94. The SMILES string of the molecule is C[C@H](OC(=O)CCCN1C(=O)CNC1=O)C(=O)N[C@H](C)c1ccccc1. The first-order valence-corrected chi connectivity index (χ1v) is 8.51. The maximum absolute atomic E-state index is 12.1. The Morgan fingerprint density at radius 1 is 1.23 bits per heavy atom. The smallest absolute Gasteiger partial charge is 0.324 e. The number of carbonyl (C=O) groups excluding carboxylic acids is 4. The van der Waals surface area contributed by atoms with Gasteiger partial charge in [-0.1, -0.05) is 30.3 Å². The highest BCUT2D eigenvalue weighted by atomic mass is 16.5. The number of carbonyl (C=O) groups is 4. The van der Waals surface area contributed by atoms with Crippen molar-refractivity contribution in [2.45, 2.75) is 38.8 Å². The maximum atomic E-state index is 12.1. The predicted molar refractivity (Wildman–Crippen MR) is 92.9 cm³/mol. The Labute approximate surface area is 151 Å². The number of ether oxygens (including phenoxy) is 1. The molecule has 140 valence electrons. The minimum atomic E-state index is -0.926. The van der Waals surface area contributed by atoms with E-state index in [9.17, 15) is 19.2 Å². The van der Waals surface area contributed by atoms with Crippen LogP contribution in [-0.4, -0.2) is 47.9 Å². The van der Waals surface area contributed by atoms with Gasteiger partial charge in [0.25, 0.3) is 5.91 Å². The normalized spacial score (nSPS) is 16.0. The predicted octanol–water partition coefficient (Wildman–Crippen LogP) is 1.13. The second kappa shape index (κ2) is 8.98. The van der Waals surface area contributed by atoms with Crippen LogP contribution in [0, 0.1) is 0 Å². The van der Waals surface area contributed by atoms with Crippen molar-refractivity contribution in [1.82, 2.24) is 15.5 Å². The molecule has 1 fully saturated rings. The number of nitrogens with one attached hydrogen (secondary N) is 2. The van der Waals surface area contributed by atoms with E-state index in [1.165, 1.54) is 6.92 Å². The summed E-state index contributed by atoms with van der Waals surface area (Å²) in [7, 11) is 0. The van der Waals surface area contributed by atoms with Crippen LogP contribution in [0.15, 0.2) is 30.3 Å². The molecule has 2 atom stereocenters. The van der Waals surface area contributed by atoms with Crippen molar-refractivity contribution in [2.75, 3.05) is 13.1 Å². The van der Waals surface area contributed by atoms with E-state index in [2.05, 4.69) is 10.6 Å². The lowest BCUT2D eigenvalue weighted by molar-refractivity contribution is -0.155. The standard InChI is InChI=1S/C18H23N3O5/c1-12(14-7-4-3-5-8-14)20-17(24)13(2)26-16(23)9-6-10-21-15(22)11-19-18(21)25/h3-5,7-8,12-13H,6,9-11H2,1-2H3,(H,19,25)(H,20,24)/t12-,13+/m1/s1. The molecule has 0 aromatic heterocycles. The third-order valence-electron chi connectivity index (χ3n) is 4.04. The van der Waals surface area contributed by atoms with E-state index in [1.54, 1.807) is 0 Å². The summed E-state index contributed by atoms with van der Waals surface area (Å²) in [5, 5.41) is 5.20. The fourth-order valence-corrected chi connectivity index (χ4v) is 2.53. The number of hydrogen-bond donors (Lipinski definition) is 2. The Balaban J connectivity index is 1.71. The average molecular weight is 361 g/mol. The van der Waals surface area contributed by atoms with Crippen LogP contribution in [0.3, 0.4) is 0 Å². The fourth-order valence-electron chi connectivity index (χ4n) is 2.53. The van der Waals surface area contributed by atoms with Crippen LogP contribution in [0.4, 0.5) is 4.79 Å². The second-order valence-corrected chi connectivity index (χ2v) is 6.08. The van der Waals surface area contributed by atoms with Crippen molar-refractivity contribution < 1.29 is 23.9 Å². The number of amides is 4. The number of hydrogen-bond acceptors (Lipinski definition) is 5. The summed E-state index contributed by atoms with van der Waals surface area (Å²) in [6.07, 6.45) is -0.624. The van der Waals surface area contributed by atoms with Crippen LogP contribution in [-0.2, 0) is 19.1 Å². The molecule has 0 bridgehead atoms. The number of imide groups is 1. The number of nitrogens with zero attached hydrogens (tertiary/aromatic N) is 1. The highest BCUT2D eigenvalue weighted by Gasteiger charge is 2.28. The van der Waals surface area contributed by atoms with E-state index < -0.39 is 18.1 Å². The Kier molecular flexibility index (Phi) is 6.71. The van der Waals surface area contributed by atoms with Crippen LogP contribution in [0.25, 0.3) is 0 Å². The Bertz CT molecular complexity index is 661. The molecule has 1 aromatic rings. The molecule has 1 aliphatic rings. The van der Waals surface area contributed by atoms with Crippen molar-refractivity contribution in [3.63, 3.8) is 0 Å². The third kappa shape index (κ3) is 5.30. The summed E-state index contributed by atoms with van der Waals surface area (Å²) < 4.78 is 5.11. The Hall–Kier alpha value is -2.90. The van der Waals surface area contributed by atoms with Gasteiger partial charge < -0.3 is 15.4 Å². The monoisotopic (exact) mass is 361 g/mol. The molecule has 1 saturated heterocycles. The first-order chi connectivity index (χ1) is 12.4. The number of esters is 1. The van der Waals surface area contributed by atoms with Gasteiger partial charge in [0.05, 0.1) is 12.6 Å². The molecular weight excluding hydrogens is 338 g/mol. The first kappa shape index (κ1) is 19.4. The molecule has 1 heterocycles. The van der Waals surface area contributed by atoms with E-state index >= 15 is 0 Å². The summed E-state index contributed by atoms with van der Waals surface area (Å²) in [6, 6.07) is 8.80. The molecule has 0 saturated carbocycles. The zero-order chi connectivity index (χ0) is 19.1. The van der Waals surface area contributed by atoms with Crippen LogP contribution >= 0.6 is 0 Å². The van der Waals surface area contributed by atoms with Gasteiger partial charge in [-0.05, 0) is 25.8 Å².